The molecule has 2 rings (SSSR count). The molecule has 0 amide bonds. The van der Waals surface area contributed by atoms with Crippen LogP contribution in [-0.4, -0.2) is 46.9 Å². The standard InChI is InChI=1S/C33H53NO4/c1-24-16-15-18-28(25(24)2)17-11-14-21-38-20-13-10-9-12-19-34-23-31(36-7)29-22-30(33(5,6)35)32(37-8)27(4)26(29)3/h15-16,18,22,31,34-35H,9-14,17,19-21,23H2,1-8H3/i9D2,10D2,11D2,12D2,13D2,14D2,15D,16D,17D2,18D,19D2,20D2,21D2,22D,23D2,31D,35D/hD. The third kappa shape index (κ3) is 9.68. The fourth-order valence-electron chi connectivity index (χ4n) is 3.04. The van der Waals surface area contributed by atoms with E-state index in [1.165, 1.54) is 41.7 Å². The molecule has 2 aromatic carbocycles. The van der Waals surface area contributed by atoms with E-state index in [1.54, 1.807) is 0 Å². The van der Waals surface area contributed by atoms with Gasteiger partial charge in [0.25, 0.3) is 0 Å². The fourth-order valence-corrected chi connectivity index (χ4v) is 3.04. The van der Waals surface area contributed by atoms with Gasteiger partial charge >= 0.3 is 0 Å². The van der Waals surface area contributed by atoms with Crippen LogP contribution in [0.4, 0.5) is 0 Å². The van der Waals surface area contributed by atoms with Gasteiger partial charge in [-0.25, -0.2) is 0 Å². The molecule has 0 heterocycles. The van der Waals surface area contributed by atoms with Gasteiger partial charge < -0.3 is 24.6 Å². The van der Waals surface area contributed by atoms with Crippen molar-refractivity contribution < 1.29 is 57.7 Å². The van der Waals surface area contributed by atoms with E-state index in [9.17, 15) is 1.37 Å². The Morgan fingerprint density at radius 3 is 2.42 bits per heavy atom. The van der Waals surface area contributed by atoms with Crippen LogP contribution in [0.15, 0.2) is 24.2 Å². The summed E-state index contributed by atoms with van der Waals surface area (Å²) in [5.74, 6) is -0.0679. The molecule has 0 radical (unpaired) electrons. The molecule has 0 fully saturated rings. The number of nitrogens with one attached hydrogen (secondary N) is 1. The predicted octanol–water partition coefficient (Wildman–Crippen LogP) is 7.03. The largest absolute Gasteiger partial charge is 0.496 e. The summed E-state index contributed by atoms with van der Waals surface area (Å²) < 4.78 is 262. The fraction of sp³-hybridized carbons (Fsp3) is 0.636. The molecule has 0 aliphatic heterocycles. The van der Waals surface area contributed by atoms with Crippen molar-refractivity contribution in [2.24, 2.45) is 0 Å². The molecule has 0 aromatic heterocycles. The molecule has 38 heavy (non-hydrogen) atoms. The maximum Gasteiger partial charge on any atom is 0.211 e. The minimum atomic E-state index is -4.89. The van der Waals surface area contributed by atoms with E-state index in [4.69, 9.17) is 53.1 Å². The lowest BCUT2D eigenvalue weighted by molar-refractivity contribution is 0.0739. The van der Waals surface area contributed by atoms with Crippen molar-refractivity contribution in [2.45, 2.75) is 97.8 Å². The average molecular weight is 557 g/mol. The van der Waals surface area contributed by atoms with Gasteiger partial charge in [0.05, 0.1) is 31.1 Å². The zero-order valence-corrected chi connectivity index (χ0v) is 22.6. The second-order valence-electron chi connectivity index (χ2n) is 8.22. The van der Waals surface area contributed by atoms with E-state index in [0.29, 0.717) is 7.11 Å². The Balaban J connectivity index is 2.83. The van der Waals surface area contributed by atoms with Gasteiger partial charge in [-0.1, -0.05) is 30.9 Å². The van der Waals surface area contributed by atoms with Gasteiger partial charge in [0.2, 0.25) is 1.43 Å². The van der Waals surface area contributed by atoms with Crippen LogP contribution in [0.25, 0.3) is 0 Å². The Hall–Kier alpha value is -1.92. The molecule has 0 saturated heterocycles. The summed E-state index contributed by atoms with van der Waals surface area (Å²) in [7, 11) is 1.87. The lowest BCUT2D eigenvalue weighted by Gasteiger charge is -2.27. The monoisotopic (exact) mass is 557 g/mol. The molecule has 1 unspecified atom stereocenters. The van der Waals surface area contributed by atoms with Crippen LogP contribution in [0.5, 0.6) is 5.75 Å². The second-order valence-corrected chi connectivity index (χ2v) is 8.22. The highest BCUT2D eigenvalue weighted by molar-refractivity contribution is 5.52. The van der Waals surface area contributed by atoms with E-state index >= 15 is 0 Å². The number of hydrogen-bond donors (Lipinski definition) is 2. The highest BCUT2D eigenvalue weighted by atomic mass is 16.5. The highest BCUT2D eigenvalue weighted by Gasteiger charge is 2.27. The van der Waals surface area contributed by atoms with Gasteiger partial charge in [-0.15, -0.1) is 0 Å². The first-order valence-electron chi connectivity index (χ1n) is 25.6. The van der Waals surface area contributed by atoms with Gasteiger partial charge in [-0.3, -0.25) is 0 Å². The Kier molecular flexibility index (Phi) is 4.35. The first-order chi connectivity index (χ1) is 29.3. The van der Waals surface area contributed by atoms with Crippen LogP contribution in [0, 0.1) is 27.7 Å². The maximum atomic E-state index is 9.23. The number of aliphatic hydroxyl groups is 1. The van der Waals surface area contributed by atoms with Gasteiger partial charge in [0.15, 0.2) is 0 Å². The van der Waals surface area contributed by atoms with E-state index in [2.05, 4.69) is 4.74 Å². The van der Waals surface area contributed by atoms with Crippen molar-refractivity contribution in [2.75, 3.05) is 40.3 Å². The van der Waals surface area contributed by atoms with E-state index in [-0.39, 0.29) is 33.6 Å². The van der Waals surface area contributed by atoms with Gasteiger partial charge in [-0.2, -0.15) is 0 Å². The number of methoxy groups -OCH3 is 2. The molecule has 2 aromatic rings. The minimum absolute atomic E-state index is 0.0679. The van der Waals surface area contributed by atoms with Gasteiger partial charge in [0, 0.05) is 57.0 Å². The number of ether oxygens (including phenoxy) is 3. The molecule has 0 bridgehead atoms. The van der Waals surface area contributed by atoms with Crippen LogP contribution in [0.3, 0.4) is 0 Å². The maximum absolute atomic E-state index is 9.23. The number of hydrogen-bond acceptors (Lipinski definition) is 5. The summed E-state index contributed by atoms with van der Waals surface area (Å²) in [4.78, 5) is 0. The molecule has 214 valence electrons. The average Bonchev–Trinajstić information content (AvgIpc) is 3.18. The molecule has 1 atom stereocenters. The van der Waals surface area contributed by atoms with Crippen molar-refractivity contribution in [3.05, 3.63) is 63.1 Å². The molecule has 5 heteroatoms. The molecule has 0 spiro atoms. The first kappa shape index (κ1) is 10.2. The van der Waals surface area contributed by atoms with Crippen LogP contribution in [0.1, 0.15) is 134 Å². The lowest BCUT2D eigenvalue weighted by atomic mass is 9.88. The van der Waals surface area contributed by atoms with Crippen LogP contribution >= 0.6 is 0 Å². The molecule has 0 saturated carbocycles. The third-order valence-corrected chi connectivity index (χ3v) is 5.28. The van der Waals surface area contributed by atoms with E-state index in [0.717, 1.165) is 6.92 Å². The molecular formula is C33H53NO4. The van der Waals surface area contributed by atoms with Crippen molar-refractivity contribution in [3.63, 3.8) is 0 Å². The van der Waals surface area contributed by atoms with Crippen molar-refractivity contribution >= 4 is 0 Å². The van der Waals surface area contributed by atoms with E-state index < -0.39 is 123 Å². The Labute approximate surface area is 273 Å². The van der Waals surface area contributed by atoms with Crippen LogP contribution in [0.2, 0.25) is 1.41 Å². The molecule has 0 aliphatic rings. The smallest absolute Gasteiger partial charge is 0.211 e. The molecule has 5 nitrogen and oxygen atoms in total. The predicted molar refractivity (Wildman–Crippen MR) is 158 cm³/mol. The van der Waals surface area contributed by atoms with Crippen LogP contribution in [-0.2, 0) is 21.4 Å². The number of benzene rings is 2. The number of rotatable bonds is 19. The topological polar surface area (TPSA) is 60.0 Å². The summed E-state index contributed by atoms with van der Waals surface area (Å²) >= 11 is 0. The summed E-state index contributed by atoms with van der Waals surface area (Å²) in [5.41, 5.74) is -4.34. The summed E-state index contributed by atoms with van der Waals surface area (Å²) in [6.45, 7) is -10.6. The van der Waals surface area contributed by atoms with Crippen molar-refractivity contribution in [3.8, 4) is 5.75 Å². The lowest BCUT2D eigenvalue weighted by Crippen LogP contribution is -2.25. The SMILES string of the molecule is [2H]OC(C)(C)c1c([2H])c(C([2H])(OC)C([2H])([2H])N([2H])C([2H])([2H])C([2H])([2H])C([2H])([2H])C([2H])([2H])C([2H])([2H])C([2H])([2H])OC([2H])([2H])C([2H])([2H])C([2H])([2H])C([2H])([2H])c2c([2H])c([2H])c([2H])c(C)c2C)c(C)c(C)c1OC. The highest BCUT2D eigenvalue weighted by Crippen LogP contribution is 2.38. The summed E-state index contributed by atoms with van der Waals surface area (Å²) in [6.07, 6.45) is -35.6. The minimum Gasteiger partial charge on any atom is -0.496 e. The van der Waals surface area contributed by atoms with Gasteiger partial charge in [-0.05, 0) is 119 Å². The Bertz CT molecular complexity index is 2180. The zero-order valence-electron chi connectivity index (χ0n) is 51.6. The second kappa shape index (κ2) is 16.2. The zero-order chi connectivity index (χ0) is 53.8. The molecular weight excluding hydrogens is 474 g/mol. The quantitative estimate of drug-likeness (QED) is 0.194. The third-order valence-electron chi connectivity index (χ3n) is 5.28. The first-order valence-corrected chi connectivity index (χ1v) is 11.3. The van der Waals surface area contributed by atoms with Crippen LogP contribution < -0.4 is 10.0 Å². The van der Waals surface area contributed by atoms with Gasteiger partial charge in [0.1, 0.15) is 7.16 Å². The van der Waals surface area contributed by atoms with Crippen molar-refractivity contribution in [1.29, 1.82) is 1.43 Å². The molecule has 0 aliphatic carbocycles. The summed E-state index contributed by atoms with van der Waals surface area (Å²) in [6, 6.07) is -3.41. The van der Waals surface area contributed by atoms with E-state index in [1.807, 2.05) is 0 Å². The Morgan fingerprint density at radius 1 is 1.03 bits per heavy atom. The summed E-state index contributed by atoms with van der Waals surface area (Å²) in [5, 5.41) is 3.77. The van der Waals surface area contributed by atoms with Crippen molar-refractivity contribution in [1.82, 2.24) is 5.31 Å². The molecule has 2 N–H and O–H groups in total. The Morgan fingerprint density at radius 2 is 1.74 bits per heavy atom. The normalized spacial score (nSPS) is 28.9.